The van der Waals surface area contributed by atoms with E-state index in [0.717, 1.165) is 23.3 Å². The van der Waals surface area contributed by atoms with Gasteiger partial charge >= 0.3 is 0 Å². The number of benzene rings is 2. The second-order valence-corrected chi connectivity index (χ2v) is 4.74. The molecule has 100 valence electrons. The third kappa shape index (κ3) is 2.63. The number of nitrogens with two attached hydrogens (primary N) is 1. The Morgan fingerprint density at radius 2 is 1.75 bits per heavy atom. The minimum Gasteiger partial charge on any atom is -0.340 e. The molecule has 3 nitrogen and oxygen atoms in total. The van der Waals surface area contributed by atoms with Crippen LogP contribution in [0.4, 0.5) is 11.5 Å². The van der Waals surface area contributed by atoms with Gasteiger partial charge in [-0.05, 0) is 42.1 Å². The maximum atomic E-state index is 5.56. The van der Waals surface area contributed by atoms with E-state index in [9.17, 15) is 0 Å². The van der Waals surface area contributed by atoms with Gasteiger partial charge in [0.15, 0.2) is 0 Å². The van der Waals surface area contributed by atoms with Crippen LogP contribution in [0, 0.1) is 0 Å². The summed E-state index contributed by atoms with van der Waals surface area (Å²) < 4.78 is 0. The van der Waals surface area contributed by atoms with Crippen molar-refractivity contribution in [1.82, 2.24) is 4.98 Å². The Balaban J connectivity index is 1.89. The van der Waals surface area contributed by atoms with Gasteiger partial charge < -0.3 is 11.1 Å². The molecule has 0 bridgehead atoms. The van der Waals surface area contributed by atoms with Crippen LogP contribution in [0.3, 0.4) is 0 Å². The largest absolute Gasteiger partial charge is 0.340 e. The molecule has 3 aromatic rings. The van der Waals surface area contributed by atoms with Crippen LogP contribution in [0.15, 0.2) is 60.8 Å². The van der Waals surface area contributed by atoms with E-state index in [-0.39, 0.29) is 0 Å². The van der Waals surface area contributed by atoms with Gasteiger partial charge in [-0.2, -0.15) is 0 Å². The van der Waals surface area contributed by atoms with Crippen LogP contribution in [-0.4, -0.2) is 11.5 Å². The molecule has 20 heavy (non-hydrogen) atoms. The van der Waals surface area contributed by atoms with Crippen LogP contribution in [0.5, 0.6) is 0 Å². The van der Waals surface area contributed by atoms with Crippen LogP contribution in [0.25, 0.3) is 10.8 Å². The Morgan fingerprint density at radius 1 is 0.950 bits per heavy atom. The standard InChI is InChI=1S/C17H17N3/c18-11-9-13-5-7-15(8-6-13)20-17-16-4-2-1-3-14(16)10-12-19-17/h1-8,10,12H,9,11,18H2,(H,19,20). The second-order valence-electron chi connectivity index (χ2n) is 4.74. The van der Waals surface area contributed by atoms with Crippen LogP contribution in [0.2, 0.25) is 0 Å². The highest BCUT2D eigenvalue weighted by atomic mass is 15.0. The normalized spacial score (nSPS) is 10.7. The number of anilines is 2. The van der Waals surface area contributed by atoms with Crippen molar-refractivity contribution in [3.05, 3.63) is 66.4 Å². The predicted octanol–water partition coefficient (Wildman–Crippen LogP) is 3.48. The number of nitrogens with zero attached hydrogens (tertiary/aromatic N) is 1. The van der Waals surface area contributed by atoms with E-state index in [1.165, 1.54) is 10.9 Å². The Kier molecular flexibility index (Phi) is 3.61. The molecule has 3 N–H and O–H groups in total. The molecule has 1 heterocycles. The van der Waals surface area contributed by atoms with Crippen molar-refractivity contribution >= 4 is 22.3 Å². The molecule has 0 aliphatic carbocycles. The summed E-state index contributed by atoms with van der Waals surface area (Å²) in [7, 11) is 0. The number of nitrogens with one attached hydrogen (secondary N) is 1. The van der Waals surface area contributed by atoms with Gasteiger partial charge in [0, 0.05) is 17.3 Å². The van der Waals surface area contributed by atoms with E-state index in [0.29, 0.717) is 6.54 Å². The molecule has 0 amide bonds. The lowest BCUT2D eigenvalue weighted by Crippen LogP contribution is -2.02. The molecule has 0 aliphatic rings. The fraction of sp³-hybridized carbons (Fsp3) is 0.118. The maximum Gasteiger partial charge on any atom is 0.138 e. The Morgan fingerprint density at radius 3 is 2.55 bits per heavy atom. The predicted molar refractivity (Wildman–Crippen MR) is 84.2 cm³/mol. The van der Waals surface area contributed by atoms with Crippen LogP contribution in [-0.2, 0) is 6.42 Å². The van der Waals surface area contributed by atoms with Gasteiger partial charge in [0.2, 0.25) is 0 Å². The fourth-order valence-electron chi connectivity index (χ4n) is 2.28. The van der Waals surface area contributed by atoms with Crippen molar-refractivity contribution in [2.45, 2.75) is 6.42 Å². The van der Waals surface area contributed by atoms with E-state index in [4.69, 9.17) is 5.73 Å². The smallest absolute Gasteiger partial charge is 0.138 e. The summed E-state index contributed by atoms with van der Waals surface area (Å²) in [4.78, 5) is 4.43. The average molecular weight is 263 g/mol. The van der Waals surface area contributed by atoms with Gasteiger partial charge in [0.1, 0.15) is 5.82 Å². The molecule has 0 unspecified atom stereocenters. The van der Waals surface area contributed by atoms with Crippen molar-refractivity contribution in [3.63, 3.8) is 0 Å². The average Bonchev–Trinajstić information content (AvgIpc) is 2.50. The maximum absolute atomic E-state index is 5.56. The minimum atomic E-state index is 0.678. The first-order chi connectivity index (χ1) is 9.86. The van der Waals surface area contributed by atoms with Gasteiger partial charge in [-0.1, -0.05) is 36.4 Å². The zero-order valence-corrected chi connectivity index (χ0v) is 11.2. The molecule has 0 atom stereocenters. The molecule has 0 fully saturated rings. The number of aromatic nitrogens is 1. The van der Waals surface area contributed by atoms with Crippen LogP contribution >= 0.6 is 0 Å². The first-order valence-electron chi connectivity index (χ1n) is 6.76. The van der Waals surface area contributed by atoms with E-state index >= 15 is 0 Å². The Hall–Kier alpha value is -2.39. The Bertz CT molecular complexity index is 700. The summed E-state index contributed by atoms with van der Waals surface area (Å²) >= 11 is 0. The van der Waals surface area contributed by atoms with Gasteiger partial charge in [-0.25, -0.2) is 4.98 Å². The van der Waals surface area contributed by atoms with Gasteiger partial charge in [0.05, 0.1) is 0 Å². The number of hydrogen-bond acceptors (Lipinski definition) is 3. The van der Waals surface area contributed by atoms with Crippen molar-refractivity contribution in [2.75, 3.05) is 11.9 Å². The summed E-state index contributed by atoms with van der Waals surface area (Å²) in [6.45, 7) is 0.678. The van der Waals surface area contributed by atoms with Crippen molar-refractivity contribution in [2.24, 2.45) is 5.73 Å². The third-order valence-electron chi connectivity index (χ3n) is 3.32. The highest BCUT2D eigenvalue weighted by Crippen LogP contribution is 2.24. The van der Waals surface area contributed by atoms with Crippen molar-refractivity contribution < 1.29 is 0 Å². The lowest BCUT2D eigenvalue weighted by atomic mass is 10.1. The zero-order chi connectivity index (χ0) is 13.8. The van der Waals surface area contributed by atoms with Gasteiger partial charge in [-0.15, -0.1) is 0 Å². The monoisotopic (exact) mass is 263 g/mol. The van der Waals surface area contributed by atoms with Crippen molar-refractivity contribution in [1.29, 1.82) is 0 Å². The SMILES string of the molecule is NCCc1ccc(Nc2nccc3ccccc23)cc1. The van der Waals surface area contributed by atoms with E-state index in [1.54, 1.807) is 0 Å². The minimum absolute atomic E-state index is 0.678. The molecule has 0 spiro atoms. The van der Waals surface area contributed by atoms with Gasteiger partial charge in [0.25, 0.3) is 0 Å². The molecule has 3 rings (SSSR count). The number of pyridine rings is 1. The quantitative estimate of drug-likeness (QED) is 0.757. The first-order valence-corrected chi connectivity index (χ1v) is 6.76. The highest BCUT2D eigenvalue weighted by molar-refractivity contribution is 5.93. The highest BCUT2D eigenvalue weighted by Gasteiger charge is 2.02. The topological polar surface area (TPSA) is 50.9 Å². The summed E-state index contributed by atoms with van der Waals surface area (Å²) in [6.07, 6.45) is 2.74. The summed E-state index contributed by atoms with van der Waals surface area (Å²) in [5, 5.41) is 5.68. The van der Waals surface area contributed by atoms with E-state index in [1.807, 2.05) is 24.4 Å². The molecule has 0 radical (unpaired) electrons. The van der Waals surface area contributed by atoms with Crippen LogP contribution < -0.4 is 11.1 Å². The first kappa shape index (κ1) is 12.6. The second kappa shape index (κ2) is 5.72. The molecule has 3 heteroatoms. The molecule has 1 aromatic heterocycles. The summed E-state index contributed by atoms with van der Waals surface area (Å²) in [5.74, 6) is 0.884. The molecular formula is C17H17N3. The summed E-state index contributed by atoms with van der Waals surface area (Å²) in [5.41, 5.74) is 7.85. The molecular weight excluding hydrogens is 246 g/mol. The summed E-state index contributed by atoms with van der Waals surface area (Å²) in [6, 6.07) is 18.6. The molecule has 0 aliphatic heterocycles. The van der Waals surface area contributed by atoms with E-state index in [2.05, 4.69) is 46.7 Å². The molecule has 2 aromatic carbocycles. The zero-order valence-electron chi connectivity index (χ0n) is 11.2. The van der Waals surface area contributed by atoms with Crippen LogP contribution in [0.1, 0.15) is 5.56 Å². The fourth-order valence-corrected chi connectivity index (χ4v) is 2.28. The molecule has 0 saturated carbocycles. The number of fused-ring (bicyclic) bond motifs is 1. The lowest BCUT2D eigenvalue weighted by Gasteiger charge is -2.09. The number of rotatable bonds is 4. The third-order valence-corrected chi connectivity index (χ3v) is 3.32. The lowest BCUT2D eigenvalue weighted by molar-refractivity contribution is 0.969. The number of hydrogen-bond donors (Lipinski definition) is 2. The molecule has 0 saturated heterocycles. The Labute approximate surface area is 118 Å². The van der Waals surface area contributed by atoms with Crippen molar-refractivity contribution in [3.8, 4) is 0 Å². The van der Waals surface area contributed by atoms with Gasteiger partial charge in [-0.3, -0.25) is 0 Å². The van der Waals surface area contributed by atoms with E-state index < -0.39 is 0 Å².